The van der Waals surface area contributed by atoms with Crippen LogP contribution in [0.5, 0.6) is 0 Å². The molecule has 0 atom stereocenters. The van der Waals surface area contributed by atoms with Crippen LogP contribution in [0.15, 0.2) is 36.4 Å². The van der Waals surface area contributed by atoms with Crippen molar-refractivity contribution in [2.24, 2.45) is 0 Å². The SMILES string of the molecule is O=C(c1ccc(Cl)s1)c1cc2ccc(F)cc2s1. The first-order valence-corrected chi connectivity index (χ1v) is 7.14. The Morgan fingerprint density at radius 2 is 1.89 bits per heavy atom. The van der Waals surface area contributed by atoms with Gasteiger partial charge < -0.3 is 0 Å². The van der Waals surface area contributed by atoms with Gasteiger partial charge in [0.15, 0.2) is 0 Å². The zero-order chi connectivity index (χ0) is 12.7. The lowest BCUT2D eigenvalue weighted by atomic mass is 10.2. The first-order chi connectivity index (χ1) is 8.63. The van der Waals surface area contributed by atoms with Crippen LogP contribution in [0.4, 0.5) is 4.39 Å². The Balaban J connectivity index is 2.06. The van der Waals surface area contributed by atoms with E-state index in [1.54, 1.807) is 24.3 Å². The van der Waals surface area contributed by atoms with Gasteiger partial charge in [0, 0.05) is 4.70 Å². The van der Waals surface area contributed by atoms with E-state index in [0.717, 1.165) is 10.1 Å². The summed E-state index contributed by atoms with van der Waals surface area (Å²) in [5.41, 5.74) is 0. The molecule has 0 aliphatic rings. The van der Waals surface area contributed by atoms with Crippen molar-refractivity contribution in [1.82, 2.24) is 0 Å². The number of hydrogen-bond donors (Lipinski definition) is 0. The zero-order valence-electron chi connectivity index (χ0n) is 8.94. The fourth-order valence-corrected chi connectivity index (χ4v) is 3.78. The lowest BCUT2D eigenvalue weighted by Gasteiger charge is -1.90. The van der Waals surface area contributed by atoms with Crippen molar-refractivity contribution >= 4 is 50.1 Å². The minimum Gasteiger partial charge on any atom is -0.287 e. The van der Waals surface area contributed by atoms with Gasteiger partial charge in [0.05, 0.1) is 14.1 Å². The van der Waals surface area contributed by atoms with Crippen LogP contribution in [0, 0.1) is 5.82 Å². The summed E-state index contributed by atoms with van der Waals surface area (Å²) in [6.07, 6.45) is 0. The van der Waals surface area contributed by atoms with Crippen LogP contribution in [0.25, 0.3) is 10.1 Å². The fraction of sp³-hybridized carbons (Fsp3) is 0. The van der Waals surface area contributed by atoms with E-state index in [2.05, 4.69) is 0 Å². The predicted molar refractivity (Wildman–Crippen MR) is 74.5 cm³/mol. The summed E-state index contributed by atoms with van der Waals surface area (Å²) in [6.45, 7) is 0. The Kier molecular flexibility index (Phi) is 2.93. The first kappa shape index (κ1) is 11.8. The highest BCUT2D eigenvalue weighted by atomic mass is 35.5. The molecule has 0 bridgehead atoms. The second-order valence-corrected chi connectivity index (χ2v) is 6.52. The van der Waals surface area contributed by atoms with E-state index in [-0.39, 0.29) is 11.6 Å². The maximum atomic E-state index is 13.1. The van der Waals surface area contributed by atoms with Crippen LogP contribution < -0.4 is 0 Å². The molecule has 2 heterocycles. The molecule has 2 aromatic heterocycles. The van der Waals surface area contributed by atoms with Crippen LogP contribution in [0.3, 0.4) is 0 Å². The molecule has 18 heavy (non-hydrogen) atoms. The lowest BCUT2D eigenvalue weighted by Crippen LogP contribution is -1.93. The molecule has 0 aliphatic carbocycles. The molecule has 3 aromatic rings. The van der Waals surface area contributed by atoms with Crippen molar-refractivity contribution in [2.75, 3.05) is 0 Å². The Morgan fingerprint density at radius 3 is 2.61 bits per heavy atom. The third-order valence-corrected chi connectivity index (χ3v) is 4.83. The number of rotatable bonds is 2. The minimum atomic E-state index is -0.289. The van der Waals surface area contributed by atoms with Crippen LogP contribution in [0.2, 0.25) is 4.34 Å². The summed E-state index contributed by atoms with van der Waals surface area (Å²) in [7, 11) is 0. The molecule has 0 unspecified atom stereocenters. The third kappa shape index (κ3) is 2.07. The van der Waals surface area contributed by atoms with Crippen molar-refractivity contribution in [3.05, 3.63) is 56.3 Å². The van der Waals surface area contributed by atoms with Crippen LogP contribution in [-0.2, 0) is 0 Å². The standard InChI is InChI=1S/C13H6ClFOS2/c14-12-4-3-9(18-12)13(16)11-5-7-1-2-8(15)6-10(7)17-11/h1-6H. The number of benzene rings is 1. The van der Waals surface area contributed by atoms with E-state index in [9.17, 15) is 9.18 Å². The van der Waals surface area contributed by atoms with Gasteiger partial charge >= 0.3 is 0 Å². The minimum absolute atomic E-state index is 0.0616. The summed E-state index contributed by atoms with van der Waals surface area (Å²) in [6, 6.07) is 9.71. The number of thiophene rings is 2. The second-order valence-electron chi connectivity index (χ2n) is 3.73. The van der Waals surface area contributed by atoms with Crippen molar-refractivity contribution in [1.29, 1.82) is 0 Å². The molecule has 90 valence electrons. The molecule has 5 heteroatoms. The van der Waals surface area contributed by atoms with Gasteiger partial charge in [-0.2, -0.15) is 0 Å². The number of carbonyl (C=O) groups is 1. The largest absolute Gasteiger partial charge is 0.287 e. The van der Waals surface area contributed by atoms with Gasteiger partial charge in [-0.3, -0.25) is 4.79 Å². The highest BCUT2D eigenvalue weighted by Crippen LogP contribution is 2.30. The molecular formula is C13H6ClFOS2. The summed E-state index contributed by atoms with van der Waals surface area (Å²) in [5, 5.41) is 0.882. The molecule has 0 aliphatic heterocycles. The fourth-order valence-electron chi connectivity index (χ4n) is 1.67. The van der Waals surface area contributed by atoms with Crippen molar-refractivity contribution < 1.29 is 9.18 Å². The summed E-state index contributed by atoms with van der Waals surface area (Å²) >= 11 is 8.36. The van der Waals surface area contributed by atoms with Crippen molar-refractivity contribution in [2.45, 2.75) is 0 Å². The number of halogens is 2. The predicted octanol–water partition coefficient (Wildman–Crippen LogP) is 4.99. The normalized spacial score (nSPS) is 11.0. The molecule has 0 saturated heterocycles. The Morgan fingerprint density at radius 1 is 1.06 bits per heavy atom. The van der Waals surface area contributed by atoms with Gasteiger partial charge in [0.25, 0.3) is 0 Å². The maximum Gasteiger partial charge on any atom is 0.212 e. The molecular weight excluding hydrogens is 291 g/mol. The van der Waals surface area contributed by atoms with E-state index < -0.39 is 0 Å². The highest BCUT2D eigenvalue weighted by molar-refractivity contribution is 7.23. The van der Waals surface area contributed by atoms with Gasteiger partial charge in [0.1, 0.15) is 5.82 Å². The second kappa shape index (κ2) is 4.46. The van der Waals surface area contributed by atoms with E-state index in [0.29, 0.717) is 14.1 Å². The molecule has 0 N–H and O–H groups in total. The smallest absolute Gasteiger partial charge is 0.212 e. The van der Waals surface area contributed by atoms with Crippen LogP contribution in [-0.4, -0.2) is 5.78 Å². The van der Waals surface area contributed by atoms with Gasteiger partial charge in [-0.25, -0.2) is 4.39 Å². The number of fused-ring (bicyclic) bond motifs is 1. The van der Waals surface area contributed by atoms with E-state index in [1.807, 2.05) is 0 Å². The average molecular weight is 297 g/mol. The van der Waals surface area contributed by atoms with Gasteiger partial charge in [0.2, 0.25) is 5.78 Å². The quantitative estimate of drug-likeness (QED) is 0.609. The maximum absolute atomic E-state index is 13.1. The number of hydrogen-bond acceptors (Lipinski definition) is 3. The third-order valence-electron chi connectivity index (χ3n) is 2.50. The average Bonchev–Trinajstić information content (AvgIpc) is 2.93. The van der Waals surface area contributed by atoms with E-state index >= 15 is 0 Å². The van der Waals surface area contributed by atoms with Gasteiger partial charge in [-0.05, 0) is 35.7 Å². The van der Waals surface area contributed by atoms with Crippen molar-refractivity contribution in [3.8, 4) is 0 Å². The molecule has 0 fully saturated rings. The number of carbonyl (C=O) groups excluding carboxylic acids is 1. The Hall–Kier alpha value is -1.23. The monoisotopic (exact) mass is 296 g/mol. The molecule has 3 rings (SSSR count). The van der Waals surface area contributed by atoms with E-state index in [1.165, 1.54) is 34.8 Å². The molecule has 0 spiro atoms. The molecule has 0 amide bonds. The molecule has 0 radical (unpaired) electrons. The molecule has 1 aromatic carbocycles. The molecule has 1 nitrogen and oxygen atoms in total. The summed E-state index contributed by atoms with van der Waals surface area (Å²) < 4.78 is 14.4. The number of ketones is 1. The van der Waals surface area contributed by atoms with Crippen molar-refractivity contribution in [3.63, 3.8) is 0 Å². The first-order valence-electron chi connectivity index (χ1n) is 5.12. The van der Waals surface area contributed by atoms with Gasteiger partial charge in [-0.1, -0.05) is 17.7 Å². The Labute approximate surface area is 115 Å². The molecule has 0 saturated carbocycles. The highest BCUT2D eigenvalue weighted by Gasteiger charge is 2.14. The lowest BCUT2D eigenvalue weighted by molar-refractivity contribution is 0.104. The summed E-state index contributed by atoms with van der Waals surface area (Å²) in [5.74, 6) is -0.351. The van der Waals surface area contributed by atoms with Gasteiger partial charge in [-0.15, -0.1) is 22.7 Å². The summed E-state index contributed by atoms with van der Waals surface area (Å²) in [4.78, 5) is 13.4. The topological polar surface area (TPSA) is 17.1 Å². The van der Waals surface area contributed by atoms with Crippen LogP contribution >= 0.6 is 34.3 Å². The zero-order valence-corrected chi connectivity index (χ0v) is 11.3. The van der Waals surface area contributed by atoms with Crippen LogP contribution in [0.1, 0.15) is 14.5 Å². The Bertz CT molecular complexity index is 744. The van der Waals surface area contributed by atoms with E-state index in [4.69, 9.17) is 11.6 Å².